The molecule has 0 bridgehead atoms. The number of carbonyl (C=O) groups excluding carboxylic acids is 1. The van der Waals surface area contributed by atoms with Crippen molar-refractivity contribution >= 4 is 45.7 Å². The van der Waals surface area contributed by atoms with E-state index < -0.39 is 11.8 Å². The average Bonchev–Trinajstić information content (AvgIpc) is 3.29. The van der Waals surface area contributed by atoms with Gasteiger partial charge in [0.15, 0.2) is 0 Å². The van der Waals surface area contributed by atoms with Crippen LogP contribution in [-0.4, -0.2) is 41.9 Å². The number of amides is 2. The maximum atomic E-state index is 13.5. The number of hydrogen-bond donors (Lipinski definition) is 3. The third-order valence-corrected chi connectivity index (χ3v) is 4.99. The lowest BCUT2D eigenvalue weighted by Gasteiger charge is -2.18. The molecule has 164 valence electrons. The zero-order valence-corrected chi connectivity index (χ0v) is 17.6. The number of terminal acetylenes is 1. The van der Waals surface area contributed by atoms with E-state index in [-0.39, 0.29) is 17.7 Å². The Kier molecular flexibility index (Phi) is 6.54. The fourth-order valence-electron chi connectivity index (χ4n) is 3.17. The molecule has 1 atom stereocenters. The number of anilines is 3. The Balaban J connectivity index is 1.71. The summed E-state index contributed by atoms with van der Waals surface area (Å²) in [4.78, 5) is 20.8. The molecule has 1 aliphatic rings. The van der Waals surface area contributed by atoms with Gasteiger partial charge in [-0.15, -0.1) is 6.42 Å². The normalized spacial score (nSPS) is 15.2. The molecule has 0 spiro atoms. The molecule has 0 saturated carbocycles. The summed E-state index contributed by atoms with van der Waals surface area (Å²) >= 11 is 5.88. The molecule has 3 aromatic rings. The van der Waals surface area contributed by atoms with E-state index >= 15 is 0 Å². The van der Waals surface area contributed by atoms with E-state index in [0.29, 0.717) is 47.1 Å². The molecule has 3 N–H and O–H groups in total. The van der Waals surface area contributed by atoms with Crippen molar-refractivity contribution in [2.45, 2.75) is 12.5 Å². The lowest BCUT2D eigenvalue weighted by atomic mass is 10.1. The molecule has 4 rings (SSSR count). The van der Waals surface area contributed by atoms with E-state index in [1.165, 1.54) is 18.5 Å². The highest BCUT2D eigenvalue weighted by atomic mass is 35.5. The first kappa shape index (κ1) is 21.6. The van der Waals surface area contributed by atoms with Gasteiger partial charge >= 0.3 is 6.03 Å². The molecule has 2 amide bonds. The van der Waals surface area contributed by atoms with Gasteiger partial charge in [-0.25, -0.2) is 19.2 Å². The van der Waals surface area contributed by atoms with Crippen LogP contribution in [0.5, 0.6) is 5.75 Å². The molecule has 8 nitrogen and oxygen atoms in total. The average molecular weight is 456 g/mol. The van der Waals surface area contributed by atoms with E-state index in [9.17, 15) is 9.18 Å². The Morgan fingerprint density at radius 1 is 1.34 bits per heavy atom. The van der Waals surface area contributed by atoms with Crippen molar-refractivity contribution in [2.75, 3.05) is 30.4 Å². The Hall–Kier alpha value is -3.61. The predicted octanol–water partition coefficient (Wildman–Crippen LogP) is 4.09. The number of fused-ring (bicyclic) bond motifs is 1. The zero-order chi connectivity index (χ0) is 22.5. The Labute approximate surface area is 188 Å². The van der Waals surface area contributed by atoms with E-state index in [2.05, 4.69) is 31.8 Å². The second kappa shape index (κ2) is 9.68. The van der Waals surface area contributed by atoms with Gasteiger partial charge in [-0.2, -0.15) is 0 Å². The van der Waals surface area contributed by atoms with Crippen LogP contribution in [0.1, 0.15) is 6.42 Å². The first-order valence-corrected chi connectivity index (χ1v) is 10.1. The smallest absolute Gasteiger partial charge is 0.320 e. The molecule has 1 saturated heterocycles. The number of urea groups is 1. The highest BCUT2D eigenvalue weighted by Gasteiger charge is 2.21. The highest BCUT2D eigenvalue weighted by molar-refractivity contribution is 6.31. The van der Waals surface area contributed by atoms with Gasteiger partial charge in [0.25, 0.3) is 0 Å². The summed E-state index contributed by atoms with van der Waals surface area (Å²) < 4.78 is 24.9. The number of nitrogens with one attached hydrogen (secondary N) is 3. The number of aromatic nitrogens is 2. The molecular formula is C22H19ClFN5O3. The second-order valence-electron chi connectivity index (χ2n) is 6.96. The van der Waals surface area contributed by atoms with Gasteiger partial charge in [-0.3, -0.25) is 0 Å². The molecular weight excluding hydrogens is 437 g/mol. The first-order chi connectivity index (χ1) is 15.5. The number of nitrogens with zero attached hydrogens (tertiary/aromatic N) is 2. The summed E-state index contributed by atoms with van der Waals surface area (Å²) in [5, 5.41) is 9.00. The molecule has 0 radical (unpaired) electrons. The summed E-state index contributed by atoms with van der Waals surface area (Å²) in [7, 11) is 0. The van der Waals surface area contributed by atoms with Crippen molar-refractivity contribution in [3.8, 4) is 18.1 Å². The Morgan fingerprint density at radius 2 is 2.22 bits per heavy atom. The lowest BCUT2D eigenvalue weighted by Crippen LogP contribution is -2.29. The molecule has 0 unspecified atom stereocenters. The summed E-state index contributed by atoms with van der Waals surface area (Å²) in [6.45, 7) is 1.15. The van der Waals surface area contributed by atoms with Crippen LogP contribution < -0.4 is 20.7 Å². The quantitative estimate of drug-likeness (QED) is 0.484. The van der Waals surface area contributed by atoms with Gasteiger partial charge < -0.3 is 25.4 Å². The summed E-state index contributed by atoms with van der Waals surface area (Å²) in [5.74, 6) is 2.71. The van der Waals surface area contributed by atoms with Crippen LogP contribution in [0.2, 0.25) is 5.02 Å². The molecule has 1 fully saturated rings. The van der Waals surface area contributed by atoms with Crippen molar-refractivity contribution in [2.24, 2.45) is 0 Å². The van der Waals surface area contributed by atoms with Crippen LogP contribution in [0.25, 0.3) is 10.9 Å². The minimum absolute atomic E-state index is 0.0182. The maximum Gasteiger partial charge on any atom is 0.320 e. The van der Waals surface area contributed by atoms with Crippen molar-refractivity contribution < 1.29 is 18.7 Å². The van der Waals surface area contributed by atoms with E-state index in [4.69, 9.17) is 27.5 Å². The van der Waals surface area contributed by atoms with Gasteiger partial charge in [-0.1, -0.05) is 17.5 Å². The van der Waals surface area contributed by atoms with Crippen LogP contribution in [0.4, 0.5) is 26.4 Å². The minimum atomic E-state index is -0.521. The molecule has 1 aliphatic heterocycles. The second-order valence-corrected chi connectivity index (χ2v) is 7.36. The number of carbonyl (C=O) groups is 1. The maximum absolute atomic E-state index is 13.5. The van der Waals surface area contributed by atoms with Gasteiger partial charge in [-0.05, 0) is 24.3 Å². The van der Waals surface area contributed by atoms with Crippen LogP contribution in [0.15, 0.2) is 36.7 Å². The SMILES string of the molecule is C#CCNC(=O)Nc1cc2c(Nc3ccc(F)c(Cl)c3)ncnc2cc1O[C@H]1CCOC1. The van der Waals surface area contributed by atoms with Gasteiger partial charge in [0.05, 0.1) is 36.0 Å². The number of hydrogen-bond acceptors (Lipinski definition) is 6. The molecule has 1 aromatic heterocycles. The monoisotopic (exact) mass is 455 g/mol. The number of rotatable bonds is 6. The predicted molar refractivity (Wildman–Crippen MR) is 120 cm³/mol. The van der Waals surface area contributed by atoms with E-state index in [1.807, 2.05) is 0 Å². The number of halogens is 2. The molecule has 2 heterocycles. The standard InChI is InChI=1S/C22H19ClFN5O3/c1-2-6-25-22(30)29-19-9-15-18(10-20(19)32-14-5-7-31-11-14)26-12-27-21(15)28-13-3-4-17(24)16(23)8-13/h1,3-4,8-10,12,14H,5-7,11H2,(H2,25,29,30)(H,26,27,28)/t14-/m0/s1. The van der Waals surface area contributed by atoms with Crippen molar-refractivity contribution in [1.82, 2.24) is 15.3 Å². The number of benzene rings is 2. The van der Waals surface area contributed by atoms with Crippen LogP contribution >= 0.6 is 11.6 Å². The topological polar surface area (TPSA) is 97.4 Å². The minimum Gasteiger partial charge on any atom is -0.486 e. The van der Waals surface area contributed by atoms with Gasteiger partial charge in [0, 0.05) is 23.6 Å². The molecule has 10 heteroatoms. The first-order valence-electron chi connectivity index (χ1n) is 9.77. The van der Waals surface area contributed by atoms with Crippen molar-refractivity contribution in [3.05, 3.63) is 47.5 Å². The third-order valence-electron chi connectivity index (χ3n) is 4.70. The Morgan fingerprint density at radius 3 is 2.97 bits per heavy atom. The number of ether oxygens (including phenoxy) is 2. The van der Waals surface area contributed by atoms with Crippen LogP contribution in [0.3, 0.4) is 0 Å². The largest absolute Gasteiger partial charge is 0.486 e. The molecule has 32 heavy (non-hydrogen) atoms. The summed E-state index contributed by atoms with van der Waals surface area (Å²) in [6, 6.07) is 7.19. The van der Waals surface area contributed by atoms with E-state index in [1.54, 1.807) is 18.2 Å². The van der Waals surface area contributed by atoms with Crippen molar-refractivity contribution in [1.29, 1.82) is 0 Å². The highest BCUT2D eigenvalue weighted by Crippen LogP contribution is 2.35. The fraction of sp³-hybridized carbons (Fsp3) is 0.227. The Bertz CT molecular complexity index is 1190. The van der Waals surface area contributed by atoms with Crippen molar-refractivity contribution in [3.63, 3.8) is 0 Å². The summed E-state index contributed by atoms with van der Waals surface area (Å²) in [6.07, 6.45) is 7.20. The fourth-order valence-corrected chi connectivity index (χ4v) is 3.35. The van der Waals surface area contributed by atoms with Crippen LogP contribution in [0, 0.1) is 18.2 Å². The molecule has 2 aromatic carbocycles. The van der Waals surface area contributed by atoms with E-state index in [0.717, 1.165) is 6.42 Å². The van der Waals surface area contributed by atoms with Gasteiger partial charge in [0.2, 0.25) is 0 Å². The van der Waals surface area contributed by atoms with Crippen LogP contribution in [-0.2, 0) is 4.74 Å². The lowest BCUT2D eigenvalue weighted by molar-refractivity contribution is 0.142. The third kappa shape index (κ3) is 4.99. The zero-order valence-electron chi connectivity index (χ0n) is 16.8. The van der Waals surface area contributed by atoms with Gasteiger partial charge in [0.1, 0.15) is 29.8 Å². The summed E-state index contributed by atoms with van der Waals surface area (Å²) in [5.41, 5.74) is 1.54. The molecule has 0 aliphatic carbocycles.